The summed E-state index contributed by atoms with van der Waals surface area (Å²) in [5.74, 6) is -1.19. The summed E-state index contributed by atoms with van der Waals surface area (Å²) < 4.78 is 19.6. The second-order valence-electron chi connectivity index (χ2n) is 18.0. The lowest BCUT2D eigenvalue weighted by Gasteiger charge is -2.49. The van der Waals surface area contributed by atoms with Crippen molar-refractivity contribution in [3.63, 3.8) is 0 Å². The maximum absolute atomic E-state index is 14.5. The molecule has 62 heavy (non-hydrogen) atoms. The van der Waals surface area contributed by atoms with Gasteiger partial charge in [0.1, 0.15) is 22.7 Å². The van der Waals surface area contributed by atoms with Crippen molar-refractivity contribution >= 4 is 49.9 Å². The number of pyridine rings is 1. The molecule has 0 saturated carbocycles. The van der Waals surface area contributed by atoms with Gasteiger partial charge in [0.2, 0.25) is 12.5 Å². The van der Waals surface area contributed by atoms with Crippen LogP contribution in [0.4, 0.5) is 4.79 Å². The van der Waals surface area contributed by atoms with E-state index in [1.54, 1.807) is 36.3 Å². The molecule has 0 spiro atoms. The van der Waals surface area contributed by atoms with Gasteiger partial charge < -0.3 is 46.4 Å². The van der Waals surface area contributed by atoms with Crippen molar-refractivity contribution in [2.45, 2.75) is 102 Å². The summed E-state index contributed by atoms with van der Waals surface area (Å²) in [7, 11) is -1.89. The summed E-state index contributed by atoms with van der Waals surface area (Å²) >= 11 is 1.39. The van der Waals surface area contributed by atoms with Crippen molar-refractivity contribution in [1.82, 2.24) is 20.4 Å². The first-order valence-electron chi connectivity index (χ1n) is 20.7. The fourth-order valence-corrected chi connectivity index (χ4v) is 9.29. The quantitative estimate of drug-likeness (QED) is 0.0622. The molecule has 2 N–H and O–H groups in total. The number of likely N-dealkylation sites (tertiary alicyclic amines) is 1. The first-order chi connectivity index (χ1) is 28.8. The third kappa shape index (κ3) is 11.8. The predicted molar refractivity (Wildman–Crippen MR) is 235 cm³/mol. The maximum atomic E-state index is 14.5. The van der Waals surface area contributed by atoms with E-state index in [9.17, 15) is 24.0 Å². The van der Waals surface area contributed by atoms with Crippen molar-refractivity contribution in [3.05, 3.63) is 125 Å². The van der Waals surface area contributed by atoms with Gasteiger partial charge in [-0.1, -0.05) is 81.4 Å². The highest BCUT2D eigenvalue weighted by Crippen LogP contribution is 2.43. The minimum absolute atomic E-state index is 0. The van der Waals surface area contributed by atoms with E-state index in [4.69, 9.17) is 13.9 Å². The van der Waals surface area contributed by atoms with Crippen LogP contribution in [0.2, 0.25) is 18.1 Å². The predicted octanol–water partition coefficient (Wildman–Crippen LogP) is 3.17. The van der Waals surface area contributed by atoms with E-state index in [1.807, 2.05) is 85.2 Å². The fourth-order valence-electron chi connectivity index (χ4n) is 6.94. The van der Waals surface area contributed by atoms with Gasteiger partial charge in [-0.15, -0.1) is 11.8 Å². The van der Waals surface area contributed by atoms with Gasteiger partial charge in [-0.2, -0.15) is 4.57 Å². The number of hydrogen-bond acceptors (Lipinski definition) is 9. The number of ether oxygens (including phenoxy) is 2. The highest BCUT2D eigenvalue weighted by atomic mass is 79.9. The molecule has 2 atom stereocenters. The molecular formula is C46H58BrN5O8SSi. The van der Waals surface area contributed by atoms with Gasteiger partial charge in [-0.3, -0.25) is 19.3 Å². The molecule has 1 aromatic heterocycles. The number of fused-ring (bicyclic) bond motifs is 1. The van der Waals surface area contributed by atoms with Crippen LogP contribution in [0.3, 0.4) is 0 Å². The highest BCUT2D eigenvalue weighted by Gasteiger charge is 2.55. The molecule has 0 aliphatic carbocycles. The number of nitrogens with zero attached hydrogens (tertiary/aromatic N) is 3. The Morgan fingerprint density at radius 2 is 1.55 bits per heavy atom. The van der Waals surface area contributed by atoms with Crippen LogP contribution in [-0.2, 0) is 46.2 Å². The number of hydrogen-bond donors (Lipinski definition) is 2. The molecule has 3 aliphatic rings. The Bertz CT molecular complexity index is 2130. The van der Waals surface area contributed by atoms with Crippen molar-refractivity contribution in [1.29, 1.82) is 0 Å². The Morgan fingerprint density at radius 3 is 2.13 bits per heavy atom. The van der Waals surface area contributed by atoms with E-state index in [-0.39, 0.29) is 46.1 Å². The van der Waals surface area contributed by atoms with Gasteiger partial charge in [0.15, 0.2) is 26.8 Å². The van der Waals surface area contributed by atoms with Crippen LogP contribution < -0.4 is 32.2 Å². The lowest BCUT2D eigenvalue weighted by molar-refractivity contribution is -0.684. The number of β-lactam (4-membered cyclic amide) rings is 1. The number of amides is 4. The van der Waals surface area contributed by atoms with E-state index >= 15 is 0 Å². The first-order valence-corrected chi connectivity index (χ1v) is 24.6. The van der Waals surface area contributed by atoms with Crippen molar-refractivity contribution in [2.75, 3.05) is 25.4 Å². The summed E-state index contributed by atoms with van der Waals surface area (Å²) in [6.07, 6.45) is 4.31. The van der Waals surface area contributed by atoms with Gasteiger partial charge in [-0.05, 0) is 73.7 Å². The number of carbonyl (C=O) groups excluding carboxylic acids is 5. The second-order valence-corrected chi connectivity index (χ2v) is 23.9. The van der Waals surface area contributed by atoms with Crippen LogP contribution in [0.25, 0.3) is 0 Å². The average Bonchev–Trinajstić information content (AvgIpc) is 3.54. The largest absolute Gasteiger partial charge is 1.00 e. The maximum Gasteiger partial charge on any atom is 0.408 e. The Labute approximate surface area is 380 Å². The summed E-state index contributed by atoms with van der Waals surface area (Å²) in [5.41, 5.74) is 2.69. The van der Waals surface area contributed by atoms with Gasteiger partial charge >= 0.3 is 12.1 Å². The Kier molecular flexibility index (Phi) is 15.7. The summed E-state index contributed by atoms with van der Waals surface area (Å²) in [6, 6.07) is 21.6. The normalized spacial score (nSPS) is 18.6. The summed E-state index contributed by atoms with van der Waals surface area (Å²) in [4.78, 5) is 70.6. The van der Waals surface area contributed by atoms with Crippen LogP contribution in [0.5, 0.6) is 0 Å². The van der Waals surface area contributed by atoms with Gasteiger partial charge in [0.25, 0.3) is 11.8 Å². The van der Waals surface area contributed by atoms with Crippen LogP contribution in [-0.4, -0.2) is 90.4 Å². The minimum atomic E-state index is -1.89. The van der Waals surface area contributed by atoms with Crippen LogP contribution >= 0.6 is 11.8 Å². The molecular weight excluding hydrogens is 891 g/mol. The molecule has 2 aromatic carbocycles. The van der Waals surface area contributed by atoms with E-state index in [0.29, 0.717) is 49.6 Å². The number of carbonyl (C=O) groups is 5. The first kappa shape index (κ1) is 48.3. The monoisotopic (exact) mass is 947 g/mol. The number of alkyl carbamates (subject to hydrolysis) is 1. The third-order valence-electron chi connectivity index (χ3n) is 11.2. The van der Waals surface area contributed by atoms with Crippen molar-refractivity contribution in [3.8, 4) is 0 Å². The highest BCUT2D eigenvalue weighted by molar-refractivity contribution is 8.00. The number of aromatic nitrogens is 1. The van der Waals surface area contributed by atoms with E-state index in [0.717, 1.165) is 16.7 Å². The van der Waals surface area contributed by atoms with Crippen LogP contribution in [0, 0.1) is 0 Å². The summed E-state index contributed by atoms with van der Waals surface area (Å²) in [5, 5.41) is 5.13. The Balaban J connectivity index is 0.00000726. The van der Waals surface area contributed by atoms with Crippen molar-refractivity contribution < 1.29 is 59.4 Å². The summed E-state index contributed by atoms with van der Waals surface area (Å²) in [6.45, 7) is 18.0. The molecule has 6 rings (SSSR count). The molecule has 332 valence electrons. The molecule has 13 nitrogen and oxygen atoms in total. The molecule has 2 saturated heterocycles. The topological polar surface area (TPSA) is 147 Å². The molecule has 0 radical (unpaired) electrons. The number of esters is 1. The number of allylic oxidation sites excluding steroid dienone is 1. The van der Waals surface area contributed by atoms with E-state index in [2.05, 4.69) is 44.5 Å². The van der Waals surface area contributed by atoms with E-state index < -0.39 is 49.4 Å². The number of benzene rings is 2. The third-order valence-corrected chi connectivity index (χ3v) is 17.0. The zero-order valence-electron chi connectivity index (χ0n) is 36.7. The standard InChI is InChI=1S/C46H57N5O8SSi.BrH/c1-45(2,3)59-44(56)48-37-41(54)51-38(43(55)58-39(32-15-11-9-12-16-32)33-17-13-10-14-18-33)35(30-60-42(37)51)27-34-21-25-50(40(34)53)28-31-19-23-49(24-20-31)29-36(52)47-22-26-57-61(7,8)46(4,5)6;/h9-20,23-24,27,37,39,42H,21-22,25-26,28-30H2,1-8H3,(H-,47,48,52,56);1H/t37-,42-;/m1./s1. The molecule has 3 aromatic rings. The van der Waals surface area contributed by atoms with Gasteiger partial charge in [0.05, 0.1) is 6.61 Å². The van der Waals surface area contributed by atoms with Gasteiger partial charge in [-0.25, -0.2) is 9.59 Å². The number of rotatable bonds is 14. The second kappa shape index (κ2) is 20.2. The minimum Gasteiger partial charge on any atom is -1.00 e. The smallest absolute Gasteiger partial charge is 0.408 e. The lowest BCUT2D eigenvalue weighted by Crippen LogP contribution is -3.00. The molecule has 4 amide bonds. The molecule has 3 aliphatic heterocycles. The number of thioether (sulfide) groups is 1. The van der Waals surface area contributed by atoms with Crippen LogP contribution in [0.15, 0.2) is 108 Å². The lowest BCUT2D eigenvalue weighted by atomic mass is 10.00. The Morgan fingerprint density at radius 1 is 0.935 bits per heavy atom. The molecule has 4 heterocycles. The average molecular weight is 949 g/mol. The zero-order chi connectivity index (χ0) is 44.1. The SMILES string of the molecule is CC(C)(C)OC(=O)N[C@@H]1C(=O)N2C(C(=O)OC(c3ccccc3)c3ccccc3)=C(C=C3CCN(Cc4cc[n+](CC(=O)NCCO[Si](C)(C)C(C)(C)C)cc4)C3=O)CS[C@H]12.[Br-]. The number of nitrogens with one attached hydrogen (secondary N) is 2. The molecule has 0 unspecified atom stereocenters. The van der Waals surface area contributed by atoms with E-state index in [1.165, 1.54) is 16.7 Å². The van der Waals surface area contributed by atoms with Gasteiger partial charge in [0, 0.05) is 43.1 Å². The zero-order valence-corrected chi connectivity index (χ0v) is 40.1. The molecule has 16 heteroatoms. The van der Waals surface area contributed by atoms with Crippen molar-refractivity contribution in [2.24, 2.45) is 0 Å². The number of halogens is 1. The Hall–Kier alpha value is -4.77. The molecule has 0 bridgehead atoms. The molecule has 2 fully saturated rings. The van der Waals surface area contributed by atoms with Crippen LogP contribution in [0.1, 0.15) is 70.8 Å². The fraction of sp³-hybridized carbons (Fsp3) is 0.435.